The van der Waals surface area contributed by atoms with E-state index in [4.69, 9.17) is 4.42 Å². The second-order valence-electron chi connectivity index (χ2n) is 6.45. The molecule has 1 amide bonds. The summed E-state index contributed by atoms with van der Waals surface area (Å²) in [5.41, 5.74) is 2.69. The average Bonchev–Trinajstić information content (AvgIpc) is 2.62. The van der Waals surface area contributed by atoms with Crippen molar-refractivity contribution in [2.45, 2.75) is 13.8 Å². The number of rotatable bonds is 2. The quantitative estimate of drug-likeness (QED) is 0.568. The Morgan fingerprint density at radius 1 is 0.923 bits per heavy atom. The molecule has 0 atom stereocenters. The summed E-state index contributed by atoms with van der Waals surface area (Å²) in [6.07, 6.45) is 0. The van der Waals surface area contributed by atoms with E-state index in [-0.39, 0.29) is 11.2 Å². The van der Waals surface area contributed by atoms with Crippen molar-refractivity contribution >= 4 is 33.3 Å². The molecule has 1 N–H and O–H groups in total. The van der Waals surface area contributed by atoms with Crippen LogP contribution in [0, 0.1) is 13.8 Å². The molecule has 0 unspecified atom stereocenters. The summed E-state index contributed by atoms with van der Waals surface area (Å²) in [4.78, 5) is 25.0. The fraction of sp³-hybridized carbons (Fsp3) is 0.0909. The third-order valence-corrected chi connectivity index (χ3v) is 4.39. The smallest absolute Gasteiger partial charge is 0.291 e. The zero-order valence-electron chi connectivity index (χ0n) is 14.5. The Hall–Kier alpha value is -3.40. The summed E-state index contributed by atoms with van der Waals surface area (Å²) < 4.78 is 5.74. The molecule has 4 aromatic rings. The van der Waals surface area contributed by atoms with Crippen LogP contribution >= 0.6 is 0 Å². The molecule has 0 aliphatic heterocycles. The molecule has 4 heteroatoms. The van der Waals surface area contributed by atoms with Gasteiger partial charge in [-0.1, -0.05) is 36.4 Å². The number of amides is 1. The molecule has 0 spiro atoms. The first-order chi connectivity index (χ1) is 12.5. The van der Waals surface area contributed by atoms with Crippen LogP contribution in [-0.4, -0.2) is 5.91 Å². The van der Waals surface area contributed by atoms with Crippen molar-refractivity contribution in [3.63, 3.8) is 0 Å². The lowest BCUT2D eigenvalue weighted by Crippen LogP contribution is -2.15. The SMILES string of the molecule is Cc1cc(C)c2oc(C(=O)Nc3ccc4ccccc4c3)cc(=O)c2c1. The van der Waals surface area contributed by atoms with E-state index in [1.54, 1.807) is 6.07 Å². The predicted octanol–water partition coefficient (Wildman–Crippen LogP) is 4.82. The van der Waals surface area contributed by atoms with Gasteiger partial charge in [0.15, 0.2) is 11.2 Å². The van der Waals surface area contributed by atoms with E-state index >= 15 is 0 Å². The third-order valence-electron chi connectivity index (χ3n) is 4.39. The first kappa shape index (κ1) is 16.1. The molecule has 0 aliphatic rings. The molecule has 0 fully saturated rings. The number of hydrogen-bond acceptors (Lipinski definition) is 3. The van der Waals surface area contributed by atoms with Gasteiger partial charge in [-0.05, 0) is 53.9 Å². The number of carbonyl (C=O) groups excluding carboxylic acids is 1. The third kappa shape index (κ3) is 2.86. The van der Waals surface area contributed by atoms with Crippen molar-refractivity contribution in [1.29, 1.82) is 0 Å². The monoisotopic (exact) mass is 343 g/mol. The van der Waals surface area contributed by atoms with Crippen molar-refractivity contribution in [1.82, 2.24) is 0 Å². The standard InChI is InChI=1S/C22H17NO3/c1-13-9-14(2)21-18(10-13)19(24)12-20(26-21)22(25)23-17-8-7-15-5-3-4-6-16(15)11-17/h3-12H,1-2H3,(H,23,25). The van der Waals surface area contributed by atoms with Gasteiger partial charge in [0.25, 0.3) is 5.91 Å². The number of carbonyl (C=O) groups is 1. The minimum Gasteiger partial charge on any atom is -0.450 e. The van der Waals surface area contributed by atoms with Crippen molar-refractivity contribution in [2.24, 2.45) is 0 Å². The molecular weight excluding hydrogens is 326 g/mol. The molecular formula is C22H17NO3. The van der Waals surface area contributed by atoms with E-state index < -0.39 is 5.91 Å². The summed E-state index contributed by atoms with van der Waals surface area (Å²) in [6, 6.07) is 18.5. The van der Waals surface area contributed by atoms with Gasteiger partial charge in [0, 0.05) is 11.8 Å². The van der Waals surface area contributed by atoms with Gasteiger partial charge in [-0.25, -0.2) is 0 Å². The first-order valence-corrected chi connectivity index (χ1v) is 8.36. The number of benzene rings is 3. The number of nitrogens with one attached hydrogen (secondary N) is 1. The Morgan fingerprint density at radius 2 is 1.69 bits per heavy atom. The molecule has 26 heavy (non-hydrogen) atoms. The molecule has 4 rings (SSSR count). The zero-order valence-corrected chi connectivity index (χ0v) is 14.5. The highest BCUT2D eigenvalue weighted by Gasteiger charge is 2.14. The van der Waals surface area contributed by atoms with Gasteiger partial charge in [0.05, 0.1) is 5.39 Å². The lowest BCUT2D eigenvalue weighted by atomic mass is 10.1. The van der Waals surface area contributed by atoms with Crippen LogP contribution in [0.2, 0.25) is 0 Å². The van der Waals surface area contributed by atoms with E-state index in [9.17, 15) is 9.59 Å². The minimum absolute atomic E-state index is 0.00242. The summed E-state index contributed by atoms with van der Waals surface area (Å²) in [7, 11) is 0. The molecule has 128 valence electrons. The fourth-order valence-electron chi connectivity index (χ4n) is 3.18. The van der Waals surface area contributed by atoms with Crippen LogP contribution in [0.25, 0.3) is 21.7 Å². The van der Waals surface area contributed by atoms with E-state index in [0.717, 1.165) is 21.9 Å². The molecule has 1 aromatic heterocycles. The highest BCUT2D eigenvalue weighted by Crippen LogP contribution is 2.21. The van der Waals surface area contributed by atoms with Gasteiger partial charge in [-0.3, -0.25) is 9.59 Å². The van der Waals surface area contributed by atoms with Crippen molar-refractivity contribution < 1.29 is 9.21 Å². The van der Waals surface area contributed by atoms with Crippen LogP contribution in [0.1, 0.15) is 21.7 Å². The molecule has 0 saturated heterocycles. The lowest BCUT2D eigenvalue weighted by molar-refractivity contribution is 0.0997. The Labute approximate surface area is 150 Å². The molecule has 4 nitrogen and oxygen atoms in total. The zero-order chi connectivity index (χ0) is 18.3. The topological polar surface area (TPSA) is 59.3 Å². The maximum atomic E-state index is 12.6. The number of fused-ring (bicyclic) bond motifs is 2. The molecule has 0 saturated carbocycles. The van der Waals surface area contributed by atoms with E-state index in [2.05, 4.69) is 5.32 Å². The molecule has 3 aromatic carbocycles. The Kier molecular flexibility index (Phi) is 3.81. The van der Waals surface area contributed by atoms with E-state index in [0.29, 0.717) is 16.7 Å². The molecule has 0 aliphatic carbocycles. The normalized spacial score (nSPS) is 11.0. The number of aryl methyl sites for hydroxylation is 2. The van der Waals surface area contributed by atoms with Crippen LogP contribution < -0.4 is 10.7 Å². The lowest BCUT2D eigenvalue weighted by Gasteiger charge is -2.08. The largest absolute Gasteiger partial charge is 0.450 e. The first-order valence-electron chi connectivity index (χ1n) is 8.36. The molecule has 1 heterocycles. The summed E-state index contributed by atoms with van der Waals surface area (Å²) in [5, 5.41) is 5.41. The van der Waals surface area contributed by atoms with Crippen LogP contribution in [-0.2, 0) is 0 Å². The highest BCUT2D eigenvalue weighted by molar-refractivity contribution is 6.04. The van der Waals surface area contributed by atoms with Crippen molar-refractivity contribution in [3.8, 4) is 0 Å². The van der Waals surface area contributed by atoms with Crippen LogP contribution in [0.4, 0.5) is 5.69 Å². The van der Waals surface area contributed by atoms with E-state index in [1.165, 1.54) is 6.07 Å². The summed E-state index contributed by atoms with van der Waals surface area (Å²) >= 11 is 0. The number of hydrogen-bond donors (Lipinski definition) is 1. The molecule has 0 radical (unpaired) electrons. The maximum absolute atomic E-state index is 12.6. The van der Waals surface area contributed by atoms with Crippen molar-refractivity contribution in [3.05, 3.63) is 87.8 Å². The average molecular weight is 343 g/mol. The van der Waals surface area contributed by atoms with E-state index in [1.807, 2.05) is 62.4 Å². The second kappa shape index (κ2) is 6.15. The van der Waals surface area contributed by atoms with Gasteiger partial charge < -0.3 is 9.73 Å². The Bertz CT molecular complexity index is 1220. The maximum Gasteiger partial charge on any atom is 0.291 e. The fourth-order valence-corrected chi connectivity index (χ4v) is 3.18. The minimum atomic E-state index is -0.445. The van der Waals surface area contributed by atoms with Gasteiger partial charge in [0.1, 0.15) is 5.58 Å². The van der Waals surface area contributed by atoms with Gasteiger partial charge >= 0.3 is 0 Å². The van der Waals surface area contributed by atoms with Gasteiger partial charge in [-0.2, -0.15) is 0 Å². The van der Waals surface area contributed by atoms with Crippen LogP contribution in [0.15, 0.2) is 69.9 Å². The van der Waals surface area contributed by atoms with Crippen molar-refractivity contribution in [2.75, 3.05) is 5.32 Å². The Balaban J connectivity index is 1.72. The summed E-state index contributed by atoms with van der Waals surface area (Å²) in [5.74, 6) is -0.443. The molecule has 0 bridgehead atoms. The van der Waals surface area contributed by atoms with Crippen LogP contribution in [0.5, 0.6) is 0 Å². The van der Waals surface area contributed by atoms with Crippen LogP contribution in [0.3, 0.4) is 0 Å². The summed E-state index contributed by atoms with van der Waals surface area (Å²) in [6.45, 7) is 3.79. The predicted molar refractivity (Wildman–Crippen MR) is 104 cm³/mol. The van der Waals surface area contributed by atoms with Gasteiger partial charge in [-0.15, -0.1) is 0 Å². The van der Waals surface area contributed by atoms with Gasteiger partial charge in [0.2, 0.25) is 0 Å². The number of anilines is 1. The highest BCUT2D eigenvalue weighted by atomic mass is 16.3. The Morgan fingerprint density at radius 3 is 2.50 bits per heavy atom. The second-order valence-corrected chi connectivity index (χ2v) is 6.45.